The SMILES string of the molecule is CCOC(=O)N1CCC(c2nc(-c3cccc(Cl)c3)c(-c3ccnc(SC)n3)s2)CC1. The van der Waals surface area contributed by atoms with E-state index in [1.807, 2.05) is 43.5 Å². The summed E-state index contributed by atoms with van der Waals surface area (Å²) in [7, 11) is 0. The second kappa shape index (κ2) is 9.97. The van der Waals surface area contributed by atoms with Crippen LogP contribution in [0.15, 0.2) is 41.7 Å². The Morgan fingerprint density at radius 3 is 2.81 bits per heavy atom. The van der Waals surface area contributed by atoms with E-state index in [0.717, 1.165) is 44.8 Å². The smallest absolute Gasteiger partial charge is 0.409 e. The fourth-order valence-corrected chi connectivity index (χ4v) is 5.38. The molecule has 1 amide bonds. The van der Waals surface area contributed by atoms with E-state index in [1.165, 1.54) is 11.8 Å². The molecule has 0 radical (unpaired) electrons. The molecule has 0 saturated carbocycles. The predicted octanol–water partition coefficient (Wildman–Crippen LogP) is 5.98. The summed E-state index contributed by atoms with van der Waals surface area (Å²) in [5.74, 6) is 0.296. The van der Waals surface area contributed by atoms with E-state index >= 15 is 0 Å². The molecule has 0 unspecified atom stereocenters. The van der Waals surface area contributed by atoms with Gasteiger partial charge >= 0.3 is 6.09 Å². The van der Waals surface area contributed by atoms with Gasteiger partial charge in [-0.15, -0.1) is 11.3 Å². The summed E-state index contributed by atoms with van der Waals surface area (Å²) in [5.41, 5.74) is 2.72. The van der Waals surface area contributed by atoms with Gasteiger partial charge in [0.15, 0.2) is 5.16 Å². The average Bonchev–Trinajstić information content (AvgIpc) is 3.25. The summed E-state index contributed by atoms with van der Waals surface area (Å²) < 4.78 is 5.14. The lowest BCUT2D eigenvalue weighted by Crippen LogP contribution is -2.38. The van der Waals surface area contributed by atoms with E-state index in [-0.39, 0.29) is 6.09 Å². The first-order chi connectivity index (χ1) is 15.1. The number of nitrogens with zero attached hydrogens (tertiary/aromatic N) is 4. The summed E-state index contributed by atoms with van der Waals surface area (Å²) in [6.45, 7) is 3.58. The number of carbonyl (C=O) groups is 1. The molecule has 1 saturated heterocycles. The molecular weight excluding hydrogens is 452 g/mol. The van der Waals surface area contributed by atoms with Gasteiger partial charge in [-0.3, -0.25) is 0 Å². The molecule has 1 aliphatic heterocycles. The lowest BCUT2D eigenvalue weighted by Gasteiger charge is -2.30. The van der Waals surface area contributed by atoms with E-state index in [2.05, 4.69) is 4.98 Å². The van der Waals surface area contributed by atoms with Gasteiger partial charge in [0, 0.05) is 35.8 Å². The molecule has 1 aromatic carbocycles. The number of aromatic nitrogens is 3. The molecule has 0 spiro atoms. The first-order valence-corrected chi connectivity index (χ1v) is 12.6. The second-order valence-electron chi connectivity index (χ2n) is 7.13. The van der Waals surface area contributed by atoms with Crippen LogP contribution >= 0.6 is 34.7 Å². The Balaban J connectivity index is 1.66. The van der Waals surface area contributed by atoms with E-state index in [1.54, 1.807) is 22.4 Å². The van der Waals surface area contributed by atoms with Gasteiger partial charge in [-0.2, -0.15) is 0 Å². The lowest BCUT2D eigenvalue weighted by atomic mass is 9.98. The van der Waals surface area contributed by atoms with Crippen molar-refractivity contribution in [2.24, 2.45) is 0 Å². The molecule has 1 fully saturated rings. The molecule has 6 nitrogen and oxygen atoms in total. The van der Waals surface area contributed by atoms with Crippen molar-refractivity contribution < 1.29 is 9.53 Å². The summed E-state index contributed by atoms with van der Waals surface area (Å²) in [5, 5.41) is 2.47. The van der Waals surface area contributed by atoms with Crippen molar-refractivity contribution in [2.75, 3.05) is 26.0 Å². The molecule has 3 heterocycles. The topological polar surface area (TPSA) is 68.2 Å². The zero-order valence-corrected chi connectivity index (χ0v) is 19.8. The number of carbonyl (C=O) groups excluding carboxylic acids is 1. The highest BCUT2D eigenvalue weighted by molar-refractivity contribution is 7.98. The number of thiazole rings is 1. The summed E-state index contributed by atoms with van der Waals surface area (Å²) in [6, 6.07) is 9.68. The highest BCUT2D eigenvalue weighted by Gasteiger charge is 2.28. The minimum absolute atomic E-state index is 0.231. The van der Waals surface area contributed by atoms with Crippen LogP contribution < -0.4 is 0 Å². The van der Waals surface area contributed by atoms with Crippen LogP contribution in [0.25, 0.3) is 21.8 Å². The van der Waals surface area contributed by atoms with Crippen molar-refractivity contribution in [3.63, 3.8) is 0 Å². The van der Waals surface area contributed by atoms with Gasteiger partial charge < -0.3 is 9.64 Å². The van der Waals surface area contributed by atoms with E-state index < -0.39 is 0 Å². The third-order valence-corrected chi connectivity index (χ3v) is 7.20. The van der Waals surface area contributed by atoms with Crippen LogP contribution in [0.1, 0.15) is 30.7 Å². The molecule has 0 N–H and O–H groups in total. The third-order valence-electron chi connectivity index (χ3n) is 5.16. The monoisotopic (exact) mass is 474 g/mol. The fraction of sp³-hybridized carbons (Fsp3) is 0.364. The lowest BCUT2D eigenvalue weighted by molar-refractivity contribution is 0.0970. The second-order valence-corrected chi connectivity index (χ2v) is 9.37. The van der Waals surface area contributed by atoms with Crippen LogP contribution in [-0.4, -0.2) is 51.9 Å². The molecule has 31 heavy (non-hydrogen) atoms. The standard InChI is InChI=1S/C22H23ClN4O2S2/c1-3-29-22(28)27-11-8-14(9-12-27)20-26-18(15-5-4-6-16(23)13-15)19(31-20)17-7-10-24-21(25-17)30-2/h4-7,10,13-14H,3,8-9,11-12H2,1-2H3. The van der Waals surface area contributed by atoms with Crippen LogP contribution in [0, 0.1) is 0 Å². The Labute approximate surface area is 195 Å². The van der Waals surface area contributed by atoms with Gasteiger partial charge in [0.25, 0.3) is 0 Å². The molecule has 4 rings (SSSR count). The van der Waals surface area contributed by atoms with Gasteiger partial charge in [-0.05, 0) is 44.2 Å². The number of likely N-dealkylation sites (tertiary alicyclic amines) is 1. The maximum atomic E-state index is 12.0. The number of hydrogen-bond donors (Lipinski definition) is 0. The van der Waals surface area contributed by atoms with Crippen molar-refractivity contribution in [3.05, 3.63) is 46.6 Å². The number of ether oxygens (including phenoxy) is 1. The van der Waals surface area contributed by atoms with Crippen molar-refractivity contribution in [3.8, 4) is 21.8 Å². The normalized spacial score (nSPS) is 14.6. The van der Waals surface area contributed by atoms with Crippen LogP contribution in [-0.2, 0) is 4.74 Å². The van der Waals surface area contributed by atoms with E-state index in [0.29, 0.717) is 30.6 Å². The molecule has 162 valence electrons. The van der Waals surface area contributed by atoms with Gasteiger partial charge in [0.1, 0.15) is 0 Å². The Morgan fingerprint density at radius 2 is 2.10 bits per heavy atom. The first-order valence-electron chi connectivity index (χ1n) is 10.1. The Kier molecular flexibility index (Phi) is 7.09. The zero-order valence-electron chi connectivity index (χ0n) is 17.4. The highest BCUT2D eigenvalue weighted by Crippen LogP contribution is 2.41. The quantitative estimate of drug-likeness (QED) is 0.334. The van der Waals surface area contributed by atoms with Crippen molar-refractivity contribution in [1.29, 1.82) is 0 Å². The van der Waals surface area contributed by atoms with Gasteiger partial charge in [0.2, 0.25) is 0 Å². The minimum atomic E-state index is -0.231. The molecule has 1 aliphatic rings. The van der Waals surface area contributed by atoms with Gasteiger partial charge in [-0.1, -0.05) is 35.5 Å². The third kappa shape index (κ3) is 5.02. The van der Waals surface area contributed by atoms with Crippen molar-refractivity contribution in [2.45, 2.75) is 30.8 Å². The number of amides is 1. The first kappa shape index (κ1) is 22.0. The van der Waals surface area contributed by atoms with Crippen LogP contribution in [0.2, 0.25) is 5.02 Å². The predicted molar refractivity (Wildman–Crippen MR) is 126 cm³/mol. The number of rotatable bonds is 5. The van der Waals surface area contributed by atoms with Crippen molar-refractivity contribution >= 4 is 40.8 Å². The maximum Gasteiger partial charge on any atom is 0.409 e. The number of halogens is 1. The number of hydrogen-bond acceptors (Lipinski definition) is 7. The molecule has 9 heteroatoms. The maximum absolute atomic E-state index is 12.0. The van der Waals surface area contributed by atoms with Gasteiger partial charge in [0.05, 0.1) is 27.9 Å². The van der Waals surface area contributed by atoms with Crippen LogP contribution in [0.5, 0.6) is 0 Å². The number of piperidine rings is 1. The fourth-order valence-electron chi connectivity index (χ4n) is 3.61. The Bertz CT molecular complexity index is 1070. The molecular formula is C22H23ClN4O2S2. The highest BCUT2D eigenvalue weighted by atomic mass is 35.5. The molecule has 0 atom stereocenters. The average molecular weight is 475 g/mol. The summed E-state index contributed by atoms with van der Waals surface area (Å²) in [6.07, 6.45) is 5.24. The Hall–Kier alpha value is -2.16. The van der Waals surface area contributed by atoms with Crippen LogP contribution in [0.4, 0.5) is 4.79 Å². The largest absolute Gasteiger partial charge is 0.450 e. The molecule has 3 aromatic rings. The van der Waals surface area contributed by atoms with E-state index in [4.69, 9.17) is 26.3 Å². The molecule has 0 bridgehead atoms. The number of benzene rings is 1. The molecule has 0 aliphatic carbocycles. The summed E-state index contributed by atoms with van der Waals surface area (Å²) >= 11 is 9.45. The van der Waals surface area contributed by atoms with Crippen LogP contribution in [0.3, 0.4) is 0 Å². The van der Waals surface area contributed by atoms with Crippen molar-refractivity contribution in [1.82, 2.24) is 19.9 Å². The van der Waals surface area contributed by atoms with Gasteiger partial charge in [-0.25, -0.2) is 19.7 Å². The Morgan fingerprint density at radius 1 is 1.29 bits per heavy atom. The van der Waals surface area contributed by atoms with E-state index in [9.17, 15) is 4.79 Å². The number of thioether (sulfide) groups is 1. The zero-order chi connectivity index (χ0) is 21.8. The molecule has 2 aromatic heterocycles. The summed E-state index contributed by atoms with van der Waals surface area (Å²) in [4.78, 5) is 28.9. The minimum Gasteiger partial charge on any atom is -0.450 e.